The van der Waals surface area contributed by atoms with Crippen LogP contribution in [-0.2, 0) is 0 Å². The number of allylic oxidation sites excluding steroid dienone is 1. The number of pyridine rings is 1. The third kappa shape index (κ3) is 2.57. The largest absolute Gasteiger partial charge is 0.241 e. The maximum Gasteiger partial charge on any atom is 0.148 e. The van der Waals surface area contributed by atoms with E-state index in [-0.39, 0.29) is 5.82 Å². The molecule has 0 aliphatic rings. The Kier molecular flexibility index (Phi) is 3.69. The first kappa shape index (κ1) is 9.68. The SMILES string of the molecule is Fc1cnc(Cl)cc1C=CCBr. The monoisotopic (exact) mass is 249 g/mol. The fourth-order valence-electron chi connectivity index (χ4n) is 0.727. The van der Waals surface area contributed by atoms with Crippen LogP contribution in [0.15, 0.2) is 18.3 Å². The van der Waals surface area contributed by atoms with Gasteiger partial charge < -0.3 is 0 Å². The molecule has 0 bridgehead atoms. The average molecular weight is 250 g/mol. The van der Waals surface area contributed by atoms with Crippen LogP contribution in [0, 0.1) is 5.82 Å². The fourth-order valence-corrected chi connectivity index (χ4v) is 1.08. The highest BCUT2D eigenvalue weighted by Gasteiger charge is 1.98. The zero-order valence-corrected chi connectivity index (χ0v) is 8.44. The molecular weight excluding hydrogens is 244 g/mol. The van der Waals surface area contributed by atoms with Crippen molar-refractivity contribution in [3.05, 3.63) is 34.9 Å². The Morgan fingerprint density at radius 1 is 1.67 bits per heavy atom. The summed E-state index contributed by atoms with van der Waals surface area (Å²) >= 11 is 8.76. The molecule has 0 N–H and O–H groups in total. The van der Waals surface area contributed by atoms with Crippen LogP contribution in [0.5, 0.6) is 0 Å². The van der Waals surface area contributed by atoms with Gasteiger partial charge >= 0.3 is 0 Å². The van der Waals surface area contributed by atoms with Crippen molar-refractivity contribution in [2.24, 2.45) is 0 Å². The third-order valence-electron chi connectivity index (χ3n) is 1.24. The lowest BCUT2D eigenvalue weighted by atomic mass is 10.2. The molecule has 1 heterocycles. The van der Waals surface area contributed by atoms with Crippen LogP contribution in [0.2, 0.25) is 5.15 Å². The molecule has 12 heavy (non-hydrogen) atoms. The molecule has 0 aromatic carbocycles. The van der Waals surface area contributed by atoms with Crippen molar-refractivity contribution in [3.8, 4) is 0 Å². The number of hydrogen-bond donors (Lipinski definition) is 0. The molecule has 4 heteroatoms. The Bertz CT molecular complexity index is 301. The van der Waals surface area contributed by atoms with Gasteiger partial charge in [0.05, 0.1) is 6.20 Å². The Labute approximate surface area is 83.4 Å². The zero-order valence-electron chi connectivity index (χ0n) is 6.10. The summed E-state index contributed by atoms with van der Waals surface area (Å²) in [6.07, 6.45) is 4.54. The Hall–Kier alpha value is -0.410. The summed E-state index contributed by atoms with van der Waals surface area (Å²) in [6.45, 7) is 0. The summed E-state index contributed by atoms with van der Waals surface area (Å²) in [5.74, 6) is -0.364. The van der Waals surface area contributed by atoms with Crippen LogP contribution >= 0.6 is 27.5 Å². The molecule has 0 amide bonds. The van der Waals surface area contributed by atoms with Crippen LogP contribution in [-0.4, -0.2) is 10.3 Å². The second-order valence-corrected chi connectivity index (χ2v) is 3.12. The highest BCUT2D eigenvalue weighted by Crippen LogP contribution is 2.13. The normalized spacial score (nSPS) is 10.9. The first-order valence-electron chi connectivity index (χ1n) is 3.27. The number of halogens is 3. The smallest absolute Gasteiger partial charge is 0.148 e. The highest BCUT2D eigenvalue weighted by molar-refractivity contribution is 9.09. The average Bonchev–Trinajstić information content (AvgIpc) is 2.07. The van der Waals surface area contributed by atoms with Crippen LogP contribution in [0.25, 0.3) is 6.08 Å². The van der Waals surface area contributed by atoms with Crippen LogP contribution in [0.3, 0.4) is 0 Å². The summed E-state index contributed by atoms with van der Waals surface area (Å²) < 4.78 is 12.9. The van der Waals surface area contributed by atoms with Crippen molar-refractivity contribution in [1.82, 2.24) is 4.98 Å². The van der Waals surface area contributed by atoms with Gasteiger partial charge in [-0.3, -0.25) is 0 Å². The quantitative estimate of drug-likeness (QED) is 0.580. The van der Waals surface area contributed by atoms with E-state index in [4.69, 9.17) is 11.6 Å². The fraction of sp³-hybridized carbons (Fsp3) is 0.125. The first-order valence-corrected chi connectivity index (χ1v) is 4.77. The van der Waals surface area contributed by atoms with Crippen LogP contribution < -0.4 is 0 Å². The van der Waals surface area contributed by atoms with Crippen LogP contribution in [0.1, 0.15) is 5.56 Å². The predicted molar refractivity (Wildman–Crippen MR) is 52.0 cm³/mol. The van der Waals surface area contributed by atoms with Gasteiger partial charge in [0.25, 0.3) is 0 Å². The minimum Gasteiger partial charge on any atom is -0.241 e. The van der Waals surface area contributed by atoms with Gasteiger partial charge in [-0.2, -0.15) is 0 Å². The molecule has 64 valence electrons. The van der Waals surface area contributed by atoms with Gasteiger partial charge in [0.15, 0.2) is 0 Å². The van der Waals surface area contributed by atoms with Crippen molar-refractivity contribution in [1.29, 1.82) is 0 Å². The zero-order chi connectivity index (χ0) is 8.97. The molecule has 1 aromatic rings. The molecule has 1 rings (SSSR count). The van der Waals surface area contributed by atoms with Gasteiger partial charge in [0, 0.05) is 10.9 Å². The summed E-state index contributed by atoms with van der Waals surface area (Å²) in [5, 5.41) is 0.984. The number of nitrogens with zero attached hydrogens (tertiary/aromatic N) is 1. The third-order valence-corrected chi connectivity index (χ3v) is 1.82. The van der Waals surface area contributed by atoms with Crippen molar-refractivity contribution in [3.63, 3.8) is 0 Å². The highest BCUT2D eigenvalue weighted by atomic mass is 79.9. The van der Waals surface area contributed by atoms with E-state index in [2.05, 4.69) is 20.9 Å². The Balaban J connectivity index is 2.97. The Morgan fingerprint density at radius 3 is 3.08 bits per heavy atom. The number of aromatic nitrogens is 1. The second-order valence-electron chi connectivity index (χ2n) is 2.09. The van der Waals surface area contributed by atoms with Gasteiger partial charge in [-0.1, -0.05) is 39.7 Å². The van der Waals surface area contributed by atoms with Crippen molar-refractivity contribution >= 4 is 33.6 Å². The lowest BCUT2D eigenvalue weighted by Crippen LogP contribution is -1.84. The molecule has 0 saturated carbocycles. The van der Waals surface area contributed by atoms with E-state index in [0.717, 1.165) is 6.20 Å². The molecule has 0 saturated heterocycles. The first-order chi connectivity index (χ1) is 5.74. The van der Waals surface area contributed by atoms with E-state index < -0.39 is 0 Å². The Morgan fingerprint density at radius 2 is 2.42 bits per heavy atom. The lowest BCUT2D eigenvalue weighted by molar-refractivity contribution is 0.618. The topological polar surface area (TPSA) is 12.9 Å². The number of alkyl halides is 1. The van der Waals surface area contributed by atoms with Crippen LogP contribution in [0.4, 0.5) is 4.39 Å². The molecule has 0 spiro atoms. The summed E-state index contributed by atoms with van der Waals surface area (Å²) in [4.78, 5) is 3.59. The maximum absolute atomic E-state index is 12.9. The van der Waals surface area contributed by atoms with Crippen molar-refractivity contribution < 1.29 is 4.39 Å². The summed E-state index contributed by atoms with van der Waals surface area (Å²) in [5.41, 5.74) is 0.453. The van der Waals surface area contributed by atoms with Gasteiger partial charge in [0.1, 0.15) is 11.0 Å². The maximum atomic E-state index is 12.9. The van der Waals surface area contributed by atoms with E-state index in [9.17, 15) is 4.39 Å². The molecule has 0 aliphatic carbocycles. The van der Waals surface area contributed by atoms with E-state index in [1.165, 1.54) is 6.07 Å². The molecule has 1 nitrogen and oxygen atoms in total. The molecular formula is C8H6BrClFN. The van der Waals surface area contributed by atoms with E-state index >= 15 is 0 Å². The molecule has 0 aliphatic heterocycles. The van der Waals surface area contributed by atoms with Crippen molar-refractivity contribution in [2.45, 2.75) is 0 Å². The molecule has 0 radical (unpaired) electrons. The predicted octanol–water partition coefficient (Wildman–Crippen LogP) is 3.28. The molecule has 0 atom stereocenters. The summed E-state index contributed by atoms with van der Waals surface area (Å²) in [6, 6.07) is 1.48. The molecule has 1 aromatic heterocycles. The van der Waals surface area contributed by atoms with Gasteiger partial charge in [-0.25, -0.2) is 9.37 Å². The lowest BCUT2D eigenvalue weighted by Gasteiger charge is -1.95. The molecule has 0 fully saturated rings. The summed E-state index contributed by atoms with van der Waals surface area (Å²) in [7, 11) is 0. The van der Waals surface area contributed by atoms with Gasteiger partial charge in [-0.15, -0.1) is 0 Å². The molecule has 0 unspecified atom stereocenters. The second kappa shape index (κ2) is 4.58. The standard InChI is InChI=1S/C8H6BrClFN/c9-3-1-2-6-4-8(10)12-5-7(6)11/h1-2,4-5H,3H2. The number of rotatable bonds is 2. The van der Waals surface area contributed by atoms with E-state index in [1.54, 1.807) is 12.2 Å². The van der Waals surface area contributed by atoms with E-state index in [0.29, 0.717) is 16.0 Å². The van der Waals surface area contributed by atoms with Crippen molar-refractivity contribution in [2.75, 3.05) is 5.33 Å². The van der Waals surface area contributed by atoms with Gasteiger partial charge in [0.2, 0.25) is 0 Å². The van der Waals surface area contributed by atoms with Gasteiger partial charge in [-0.05, 0) is 6.07 Å². The number of hydrogen-bond acceptors (Lipinski definition) is 1. The van der Waals surface area contributed by atoms with E-state index in [1.807, 2.05) is 0 Å². The minimum atomic E-state index is -0.364. The minimum absolute atomic E-state index is 0.297.